The molecule has 0 aliphatic rings. The van der Waals surface area contributed by atoms with Crippen LogP contribution in [0.2, 0.25) is 0 Å². The van der Waals surface area contributed by atoms with Crippen molar-refractivity contribution in [1.82, 2.24) is 15.1 Å². The maximum atomic E-state index is 4.70. The van der Waals surface area contributed by atoms with Crippen molar-refractivity contribution in [3.05, 3.63) is 52.3 Å². The lowest BCUT2D eigenvalue weighted by molar-refractivity contribution is 0.550. The molecular weight excluding hydrogens is 258 g/mol. The van der Waals surface area contributed by atoms with Gasteiger partial charge in [-0.25, -0.2) is 0 Å². The van der Waals surface area contributed by atoms with E-state index in [9.17, 15) is 0 Å². The predicted molar refractivity (Wildman–Crippen MR) is 88.5 cm³/mol. The van der Waals surface area contributed by atoms with Crippen molar-refractivity contribution in [1.29, 1.82) is 0 Å². The van der Waals surface area contributed by atoms with Gasteiger partial charge in [0.2, 0.25) is 0 Å². The summed E-state index contributed by atoms with van der Waals surface area (Å²) >= 11 is 0. The number of rotatable bonds is 6. The standard InChI is InChI=1S/C18H27N3/c1-13(2)10-19-11-18-15(4)20-21(16(18)5)12-17-8-6-14(3)7-9-17/h6-9,13,19H,10-12H2,1-5H3. The summed E-state index contributed by atoms with van der Waals surface area (Å²) in [6.45, 7) is 13.6. The molecule has 3 nitrogen and oxygen atoms in total. The molecule has 1 N–H and O–H groups in total. The lowest BCUT2D eigenvalue weighted by atomic mass is 10.1. The van der Waals surface area contributed by atoms with Gasteiger partial charge < -0.3 is 5.32 Å². The van der Waals surface area contributed by atoms with Crippen LogP contribution >= 0.6 is 0 Å². The van der Waals surface area contributed by atoms with Gasteiger partial charge in [0, 0.05) is 17.8 Å². The molecular formula is C18H27N3. The fraction of sp³-hybridized carbons (Fsp3) is 0.500. The van der Waals surface area contributed by atoms with Gasteiger partial charge in [0.15, 0.2) is 0 Å². The zero-order valence-electron chi connectivity index (χ0n) is 13.9. The topological polar surface area (TPSA) is 29.9 Å². The van der Waals surface area contributed by atoms with Gasteiger partial charge in [-0.2, -0.15) is 5.10 Å². The van der Waals surface area contributed by atoms with Gasteiger partial charge in [-0.05, 0) is 38.8 Å². The normalized spacial score (nSPS) is 11.3. The summed E-state index contributed by atoms with van der Waals surface area (Å²) in [5.41, 5.74) is 6.33. The van der Waals surface area contributed by atoms with Gasteiger partial charge in [-0.3, -0.25) is 4.68 Å². The van der Waals surface area contributed by atoms with E-state index in [1.807, 2.05) is 0 Å². The summed E-state index contributed by atoms with van der Waals surface area (Å²) in [5.74, 6) is 0.674. The molecule has 0 radical (unpaired) electrons. The van der Waals surface area contributed by atoms with Gasteiger partial charge in [0.1, 0.15) is 0 Å². The number of aromatic nitrogens is 2. The first kappa shape index (κ1) is 15.8. The largest absolute Gasteiger partial charge is 0.312 e. The molecule has 21 heavy (non-hydrogen) atoms. The minimum absolute atomic E-state index is 0.674. The number of aryl methyl sites for hydroxylation is 2. The molecule has 0 aliphatic heterocycles. The van der Waals surface area contributed by atoms with Crippen molar-refractivity contribution >= 4 is 0 Å². The number of hydrogen-bond acceptors (Lipinski definition) is 2. The summed E-state index contributed by atoms with van der Waals surface area (Å²) in [5, 5.41) is 8.22. The Kier molecular flexibility index (Phi) is 5.18. The first-order valence-electron chi connectivity index (χ1n) is 7.76. The quantitative estimate of drug-likeness (QED) is 0.879. The Hall–Kier alpha value is -1.61. The number of benzene rings is 1. The van der Waals surface area contributed by atoms with E-state index < -0.39 is 0 Å². The molecule has 1 aromatic heterocycles. The molecule has 2 aromatic rings. The van der Waals surface area contributed by atoms with Crippen LogP contribution in [0.1, 0.15) is 41.9 Å². The van der Waals surface area contributed by atoms with E-state index in [0.717, 1.165) is 25.3 Å². The maximum Gasteiger partial charge on any atom is 0.0662 e. The Labute approximate surface area is 128 Å². The summed E-state index contributed by atoms with van der Waals surface area (Å²) in [7, 11) is 0. The zero-order valence-corrected chi connectivity index (χ0v) is 13.9. The molecule has 0 fully saturated rings. The van der Waals surface area contributed by atoms with Crippen LogP contribution in [0.5, 0.6) is 0 Å². The SMILES string of the molecule is Cc1ccc(Cn2nc(C)c(CNCC(C)C)c2C)cc1. The first-order chi connectivity index (χ1) is 9.97. The Bertz CT molecular complexity index is 579. The molecule has 0 amide bonds. The smallest absolute Gasteiger partial charge is 0.0662 e. The number of nitrogens with zero attached hydrogens (tertiary/aromatic N) is 2. The van der Waals surface area contributed by atoms with E-state index in [0.29, 0.717) is 5.92 Å². The second-order valence-electron chi connectivity index (χ2n) is 6.32. The van der Waals surface area contributed by atoms with Crippen LogP contribution in [0.15, 0.2) is 24.3 Å². The highest BCUT2D eigenvalue weighted by Gasteiger charge is 2.11. The van der Waals surface area contributed by atoms with Crippen molar-refractivity contribution in [2.24, 2.45) is 5.92 Å². The Balaban J connectivity index is 2.09. The molecule has 0 aliphatic carbocycles. The lowest BCUT2D eigenvalue weighted by Gasteiger charge is -2.09. The van der Waals surface area contributed by atoms with Crippen LogP contribution in [-0.4, -0.2) is 16.3 Å². The fourth-order valence-electron chi connectivity index (χ4n) is 2.50. The highest BCUT2D eigenvalue weighted by Crippen LogP contribution is 2.15. The molecule has 114 valence electrons. The van der Waals surface area contributed by atoms with Gasteiger partial charge in [-0.1, -0.05) is 43.7 Å². The Morgan fingerprint density at radius 3 is 2.38 bits per heavy atom. The van der Waals surface area contributed by atoms with Crippen molar-refractivity contribution < 1.29 is 0 Å². The van der Waals surface area contributed by atoms with Gasteiger partial charge >= 0.3 is 0 Å². The minimum Gasteiger partial charge on any atom is -0.312 e. The van der Waals surface area contributed by atoms with Crippen molar-refractivity contribution in [2.75, 3.05) is 6.54 Å². The number of nitrogens with one attached hydrogen (secondary N) is 1. The third kappa shape index (κ3) is 4.18. The van der Waals surface area contributed by atoms with Crippen molar-refractivity contribution in [2.45, 2.75) is 47.7 Å². The molecule has 0 atom stereocenters. The van der Waals surface area contributed by atoms with E-state index in [1.165, 1.54) is 22.4 Å². The summed E-state index contributed by atoms with van der Waals surface area (Å²) in [6.07, 6.45) is 0. The Morgan fingerprint density at radius 1 is 1.10 bits per heavy atom. The third-order valence-electron chi connectivity index (χ3n) is 3.84. The Morgan fingerprint density at radius 2 is 1.76 bits per heavy atom. The fourth-order valence-corrected chi connectivity index (χ4v) is 2.50. The molecule has 3 heteroatoms. The van der Waals surface area contributed by atoms with Gasteiger partial charge in [-0.15, -0.1) is 0 Å². The van der Waals surface area contributed by atoms with Gasteiger partial charge in [0.25, 0.3) is 0 Å². The molecule has 0 bridgehead atoms. The van der Waals surface area contributed by atoms with Crippen LogP contribution in [0.25, 0.3) is 0 Å². The molecule has 1 heterocycles. The van der Waals surface area contributed by atoms with Crippen LogP contribution < -0.4 is 5.32 Å². The monoisotopic (exact) mass is 285 g/mol. The van der Waals surface area contributed by atoms with E-state index >= 15 is 0 Å². The van der Waals surface area contributed by atoms with Crippen LogP contribution in [0.4, 0.5) is 0 Å². The van der Waals surface area contributed by atoms with Crippen LogP contribution in [-0.2, 0) is 13.1 Å². The average molecular weight is 285 g/mol. The summed E-state index contributed by atoms with van der Waals surface area (Å²) in [4.78, 5) is 0. The molecule has 0 saturated heterocycles. The van der Waals surface area contributed by atoms with Crippen molar-refractivity contribution in [3.63, 3.8) is 0 Å². The van der Waals surface area contributed by atoms with Crippen LogP contribution in [0, 0.1) is 26.7 Å². The molecule has 1 aromatic carbocycles. The predicted octanol–water partition coefficient (Wildman–Crippen LogP) is 3.60. The second-order valence-corrected chi connectivity index (χ2v) is 6.32. The first-order valence-corrected chi connectivity index (χ1v) is 7.76. The van der Waals surface area contributed by atoms with E-state index in [2.05, 4.69) is 68.9 Å². The van der Waals surface area contributed by atoms with Gasteiger partial charge in [0.05, 0.1) is 12.2 Å². The van der Waals surface area contributed by atoms with E-state index in [-0.39, 0.29) is 0 Å². The molecule has 0 unspecified atom stereocenters. The third-order valence-corrected chi connectivity index (χ3v) is 3.84. The zero-order chi connectivity index (χ0) is 15.4. The molecule has 2 rings (SSSR count). The van der Waals surface area contributed by atoms with E-state index in [4.69, 9.17) is 5.10 Å². The average Bonchev–Trinajstić information content (AvgIpc) is 2.68. The lowest BCUT2D eigenvalue weighted by Crippen LogP contribution is -2.19. The summed E-state index contributed by atoms with van der Waals surface area (Å²) < 4.78 is 2.12. The van der Waals surface area contributed by atoms with Crippen molar-refractivity contribution in [3.8, 4) is 0 Å². The number of hydrogen-bond donors (Lipinski definition) is 1. The highest BCUT2D eigenvalue weighted by molar-refractivity contribution is 5.27. The highest BCUT2D eigenvalue weighted by atomic mass is 15.3. The van der Waals surface area contributed by atoms with Crippen LogP contribution in [0.3, 0.4) is 0 Å². The second kappa shape index (κ2) is 6.90. The van der Waals surface area contributed by atoms with E-state index in [1.54, 1.807) is 0 Å². The summed E-state index contributed by atoms with van der Waals surface area (Å²) in [6, 6.07) is 8.68. The molecule has 0 saturated carbocycles. The maximum absolute atomic E-state index is 4.70. The minimum atomic E-state index is 0.674. The molecule has 0 spiro atoms.